The van der Waals surface area contributed by atoms with Gasteiger partial charge in [0.2, 0.25) is 5.28 Å². The van der Waals surface area contributed by atoms with Crippen LogP contribution >= 0.6 is 11.6 Å². The van der Waals surface area contributed by atoms with Crippen LogP contribution in [-0.4, -0.2) is 39.3 Å². The number of nitrogens with one attached hydrogen (secondary N) is 2. The summed E-state index contributed by atoms with van der Waals surface area (Å²) in [5, 5.41) is 3.27. The van der Waals surface area contributed by atoms with Crippen LogP contribution in [0, 0.1) is 0 Å². The number of nitrogens with zero attached hydrogens (tertiary/aromatic N) is 3. The number of H-pyrrole nitrogens is 1. The molecule has 1 saturated heterocycles. The standard InChI is InChI=1S/C15H16ClN5O3/c16-14-19-12(17-7-9-3-1-5-22-9)11-13(20-14)21-15(18-11)24-8-10-4-2-6-23-10/h1,3,5,10H,2,4,6-8H2,(H2,17,18,19,20,21)/t10-/m0/s1. The van der Waals surface area contributed by atoms with Crippen molar-refractivity contribution in [2.45, 2.75) is 25.5 Å². The summed E-state index contributed by atoms with van der Waals surface area (Å²) in [7, 11) is 0. The number of hydrogen-bond acceptors (Lipinski definition) is 7. The van der Waals surface area contributed by atoms with Crippen molar-refractivity contribution in [3.05, 3.63) is 29.4 Å². The predicted octanol–water partition coefficient (Wildman–Crippen LogP) is 2.77. The third-order valence-corrected chi connectivity index (χ3v) is 3.90. The molecular weight excluding hydrogens is 334 g/mol. The highest BCUT2D eigenvalue weighted by atomic mass is 35.5. The molecule has 1 aliphatic heterocycles. The van der Waals surface area contributed by atoms with Crippen molar-refractivity contribution in [1.82, 2.24) is 19.9 Å². The molecule has 24 heavy (non-hydrogen) atoms. The lowest BCUT2D eigenvalue weighted by atomic mass is 10.2. The summed E-state index contributed by atoms with van der Waals surface area (Å²) in [6.45, 7) is 1.71. The average Bonchev–Trinajstić information content (AvgIpc) is 3.31. The van der Waals surface area contributed by atoms with E-state index in [-0.39, 0.29) is 11.4 Å². The molecule has 0 aromatic carbocycles. The van der Waals surface area contributed by atoms with Crippen LogP contribution in [0.3, 0.4) is 0 Å². The lowest BCUT2D eigenvalue weighted by Crippen LogP contribution is -2.16. The Morgan fingerprint density at radius 3 is 3.12 bits per heavy atom. The van der Waals surface area contributed by atoms with E-state index in [1.54, 1.807) is 6.26 Å². The summed E-state index contributed by atoms with van der Waals surface area (Å²) in [5.41, 5.74) is 1.08. The maximum absolute atomic E-state index is 5.98. The normalized spacial score (nSPS) is 17.5. The van der Waals surface area contributed by atoms with E-state index in [9.17, 15) is 0 Å². The van der Waals surface area contributed by atoms with Crippen LogP contribution in [0.4, 0.5) is 5.82 Å². The molecule has 0 saturated carbocycles. The van der Waals surface area contributed by atoms with Crippen molar-refractivity contribution >= 4 is 28.6 Å². The van der Waals surface area contributed by atoms with Crippen LogP contribution in [0.5, 0.6) is 6.01 Å². The monoisotopic (exact) mass is 349 g/mol. The molecule has 0 radical (unpaired) electrons. The quantitative estimate of drug-likeness (QED) is 0.660. The smallest absolute Gasteiger partial charge is 0.296 e. The van der Waals surface area contributed by atoms with Gasteiger partial charge in [-0.15, -0.1) is 0 Å². The number of furan rings is 1. The van der Waals surface area contributed by atoms with Gasteiger partial charge in [-0.25, -0.2) is 0 Å². The zero-order chi connectivity index (χ0) is 16.4. The molecule has 3 aromatic heterocycles. The Kier molecular flexibility index (Phi) is 4.22. The van der Waals surface area contributed by atoms with Gasteiger partial charge in [-0.05, 0) is 36.6 Å². The van der Waals surface area contributed by atoms with Gasteiger partial charge in [0.25, 0.3) is 6.01 Å². The summed E-state index contributed by atoms with van der Waals surface area (Å²) in [6.07, 6.45) is 3.80. The Hall–Kier alpha value is -2.32. The van der Waals surface area contributed by atoms with Crippen LogP contribution in [0.1, 0.15) is 18.6 Å². The second kappa shape index (κ2) is 6.66. The van der Waals surface area contributed by atoms with Gasteiger partial charge in [0, 0.05) is 6.61 Å². The Labute approximate surface area is 142 Å². The average molecular weight is 350 g/mol. The van der Waals surface area contributed by atoms with E-state index < -0.39 is 0 Å². The third kappa shape index (κ3) is 3.29. The molecule has 8 nitrogen and oxygen atoms in total. The number of halogens is 1. The first-order valence-electron chi connectivity index (χ1n) is 7.72. The molecule has 0 unspecified atom stereocenters. The Balaban J connectivity index is 1.52. The van der Waals surface area contributed by atoms with E-state index in [0.717, 1.165) is 25.2 Å². The maximum atomic E-state index is 5.98. The number of rotatable bonds is 6. The molecule has 0 bridgehead atoms. The SMILES string of the molecule is Clc1nc(NCc2ccco2)c2nc(OC[C@@H]3CCCO3)[nH]c2n1. The summed E-state index contributed by atoms with van der Waals surface area (Å²) in [6, 6.07) is 4.07. The Morgan fingerprint density at radius 1 is 1.38 bits per heavy atom. The fraction of sp³-hybridized carbons (Fsp3) is 0.400. The van der Waals surface area contributed by atoms with Crippen LogP contribution in [-0.2, 0) is 11.3 Å². The molecule has 0 aliphatic carbocycles. The molecule has 2 N–H and O–H groups in total. The molecule has 1 aliphatic rings. The molecular formula is C15H16ClN5O3. The van der Waals surface area contributed by atoms with Gasteiger partial charge in [0.1, 0.15) is 12.4 Å². The van der Waals surface area contributed by atoms with E-state index in [0.29, 0.717) is 36.1 Å². The van der Waals surface area contributed by atoms with Gasteiger partial charge in [-0.1, -0.05) is 0 Å². The minimum absolute atomic E-state index is 0.115. The maximum Gasteiger partial charge on any atom is 0.296 e. The van der Waals surface area contributed by atoms with E-state index in [2.05, 4.69) is 25.3 Å². The van der Waals surface area contributed by atoms with E-state index in [1.165, 1.54) is 0 Å². The molecule has 0 spiro atoms. The van der Waals surface area contributed by atoms with Gasteiger partial charge in [-0.3, -0.25) is 4.98 Å². The van der Waals surface area contributed by atoms with Crippen molar-refractivity contribution in [2.24, 2.45) is 0 Å². The minimum atomic E-state index is 0.115. The van der Waals surface area contributed by atoms with Gasteiger partial charge < -0.3 is 19.2 Å². The fourth-order valence-corrected chi connectivity index (χ4v) is 2.74. The van der Waals surface area contributed by atoms with E-state index >= 15 is 0 Å². The minimum Gasteiger partial charge on any atom is -0.467 e. The second-order valence-electron chi connectivity index (χ2n) is 5.46. The zero-order valence-electron chi connectivity index (χ0n) is 12.8. The number of imidazole rings is 1. The molecule has 3 aromatic rings. The number of hydrogen-bond donors (Lipinski definition) is 2. The fourth-order valence-electron chi connectivity index (χ4n) is 2.57. The lowest BCUT2D eigenvalue weighted by molar-refractivity contribution is 0.0650. The van der Waals surface area contributed by atoms with Gasteiger partial charge in [-0.2, -0.15) is 15.0 Å². The molecule has 4 rings (SSSR count). The first kappa shape index (κ1) is 15.2. The summed E-state index contributed by atoms with van der Waals surface area (Å²) >= 11 is 5.98. The number of aromatic nitrogens is 4. The van der Waals surface area contributed by atoms with Crippen molar-refractivity contribution in [3.8, 4) is 6.01 Å². The molecule has 0 amide bonds. The first-order valence-corrected chi connectivity index (χ1v) is 8.09. The third-order valence-electron chi connectivity index (χ3n) is 3.74. The van der Waals surface area contributed by atoms with Crippen LogP contribution in [0.25, 0.3) is 11.2 Å². The largest absolute Gasteiger partial charge is 0.467 e. The topological polar surface area (TPSA) is 98.1 Å². The van der Waals surface area contributed by atoms with Crippen LogP contribution in [0.15, 0.2) is 22.8 Å². The Morgan fingerprint density at radius 2 is 2.33 bits per heavy atom. The predicted molar refractivity (Wildman–Crippen MR) is 87.2 cm³/mol. The number of ether oxygens (including phenoxy) is 2. The molecule has 9 heteroatoms. The molecule has 1 atom stereocenters. The number of anilines is 1. The molecule has 4 heterocycles. The highest BCUT2D eigenvalue weighted by Crippen LogP contribution is 2.24. The molecule has 126 valence electrons. The summed E-state index contributed by atoms with van der Waals surface area (Å²) in [5.74, 6) is 1.30. The van der Waals surface area contributed by atoms with E-state index in [4.69, 9.17) is 25.5 Å². The summed E-state index contributed by atoms with van der Waals surface area (Å²) < 4.78 is 16.5. The van der Waals surface area contributed by atoms with Crippen molar-refractivity contribution in [3.63, 3.8) is 0 Å². The van der Waals surface area contributed by atoms with Crippen molar-refractivity contribution < 1.29 is 13.9 Å². The second-order valence-corrected chi connectivity index (χ2v) is 5.80. The van der Waals surface area contributed by atoms with Crippen LogP contribution < -0.4 is 10.1 Å². The van der Waals surface area contributed by atoms with Gasteiger partial charge in [0.05, 0.1) is 18.9 Å². The van der Waals surface area contributed by atoms with Gasteiger partial charge >= 0.3 is 0 Å². The van der Waals surface area contributed by atoms with Crippen molar-refractivity contribution in [2.75, 3.05) is 18.5 Å². The number of aromatic amines is 1. The van der Waals surface area contributed by atoms with Gasteiger partial charge in [0.15, 0.2) is 17.0 Å². The molecule has 1 fully saturated rings. The van der Waals surface area contributed by atoms with E-state index in [1.807, 2.05) is 12.1 Å². The lowest BCUT2D eigenvalue weighted by Gasteiger charge is -2.08. The van der Waals surface area contributed by atoms with Crippen LogP contribution in [0.2, 0.25) is 5.28 Å². The first-order chi connectivity index (χ1) is 11.8. The zero-order valence-corrected chi connectivity index (χ0v) is 13.5. The highest BCUT2D eigenvalue weighted by Gasteiger charge is 2.18. The Bertz CT molecular complexity index is 814. The van der Waals surface area contributed by atoms with Crippen molar-refractivity contribution in [1.29, 1.82) is 0 Å². The number of fused-ring (bicyclic) bond motifs is 1. The highest BCUT2D eigenvalue weighted by molar-refractivity contribution is 6.28. The summed E-state index contributed by atoms with van der Waals surface area (Å²) in [4.78, 5) is 15.7.